The molecule has 7 nitrogen and oxygen atoms in total. The van der Waals surface area contributed by atoms with Crippen molar-refractivity contribution in [1.82, 2.24) is 15.5 Å². The number of halogens is 1. The number of nitrogens with zero attached hydrogens (tertiary/aromatic N) is 2. The third kappa shape index (κ3) is 3.76. The van der Waals surface area contributed by atoms with Gasteiger partial charge in [-0.05, 0) is 37.3 Å². The Morgan fingerprint density at radius 1 is 1.22 bits per heavy atom. The van der Waals surface area contributed by atoms with Crippen LogP contribution in [0.15, 0.2) is 40.0 Å². The molecule has 2 amide bonds. The zero-order chi connectivity index (χ0) is 18.1. The predicted molar refractivity (Wildman–Crippen MR) is 111 cm³/mol. The first-order chi connectivity index (χ1) is 12.7. The van der Waals surface area contributed by atoms with E-state index in [0.29, 0.717) is 25.6 Å². The number of carbonyl (C=O) groups is 2. The molecule has 2 fully saturated rings. The number of likely N-dealkylation sites (tertiary alicyclic amines) is 1. The smallest absolute Gasteiger partial charge is 0.233 e. The Balaban J connectivity index is 0.00000210. The summed E-state index contributed by atoms with van der Waals surface area (Å²) in [5, 5.41) is 6.35. The lowest BCUT2D eigenvalue weighted by Gasteiger charge is -2.18. The van der Waals surface area contributed by atoms with Crippen molar-refractivity contribution in [2.45, 2.75) is 19.9 Å². The Kier molecular flexibility index (Phi) is 6.23. The standard InChI is InChI=1S/C19H24N4O3.HI/c1-2-20-19(22-11-14-4-3-9-26-14)21-7-8-23-17(24)15-12-5-6-13(10-12)16(15)18(23)25;/h3-6,9,12-13,15-16H,2,7-8,10-11H2,1H3,(H2,20,21,22);1H. The van der Waals surface area contributed by atoms with Crippen molar-refractivity contribution >= 4 is 41.8 Å². The summed E-state index contributed by atoms with van der Waals surface area (Å²) < 4.78 is 5.28. The minimum atomic E-state index is -0.127. The Bertz CT molecular complexity index is 716. The molecule has 2 N–H and O–H groups in total. The van der Waals surface area contributed by atoms with Crippen LogP contribution >= 0.6 is 24.0 Å². The molecular weight excluding hydrogens is 459 g/mol. The zero-order valence-corrected chi connectivity index (χ0v) is 17.6. The number of hydrogen-bond acceptors (Lipinski definition) is 4. The topological polar surface area (TPSA) is 86.9 Å². The summed E-state index contributed by atoms with van der Waals surface area (Å²) in [4.78, 5) is 31.2. The summed E-state index contributed by atoms with van der Waals surface area (Å²) in [6.45, 7) is 3.99. The van der Waals surface area contributed by atoms with Gasteiger partial charge in [0.05, 0.1) is 18.1 Å². The van der Waals surface area contributed by atoms with E-state index in [1.54, 1.807) is 6.26 Å². The molecule has 0 spiro atoms. The fourth-order valence-corrected chi connectivity index (χ4v) is 4.37. The number of imide groups is 1. The third-order valence-electron chi connectivity index (χ3n) is 5.51. The molecule has 4 unspecified atom stereocenters. The minimum Gasteiger partial charge on any atom is -0.467 e. The molecule has 0 aromatic carbocycles. The SMILES string of the molecule is CCNC(=NCc1ccco1)NCCN1C(=O)C2C3C=CC(C3)C2C1=O.I. The van der Waals surface area contributed by atoms with Crippen molar-refractivity contribution in [3.8, 4) is 0 Å². The maximum atomic E-state index is 12.7. The van der Waals surface area contributed by atoms with Gasteiger partial charge >= 0.3 is 0 Å². The van der Waals surface area contributed by atoms with Crippen molar-refractivity contribution in [1.29, 1.82) is 0 Å². The molecule has 27 heavy (non-hydrogen) atoms. The van der Waals surface area contributed by atoms with Gasteiger partial charge in [-0.2, -0.15) is 0 Å². The van der Waals surface area contributed by atoms with Crippen LogP contribution in [0.2, 0.25) is 0 Å². The second-order valence-electron chi connectivity index (χ2n) is 7.03. The van der Waals surface area contributed by atoms with E-state index in [0.717, 1.165) is 18.7 Å². The predicted octanol–water partition coefficient (Wildman–Crippen LogP) is 1.76. The summed E-state index contributed by atoms with van der Waals surface area (Å²) in [7, 11) is 0. The maximum absolute atomic E-state index is 12.7. The molecule has 2 aliphatic carbocycles. The first-order valence-corrected chi connectivity index (χ1v) is 9.27. The number of allylic oxidation sites excluding steroid dienone is 2. The minimum absolute atomic E-state index is 0. The van der Waals surface area contributed by atoms with Crippen LogP contribution in [-0.2, 0) is 16.1 Å². The van der Waals surface area contributed by atoms with Crippen molar-refractivity contribution in [2.24, 2.45) is 28.7 Å². The number of fused-ring (bicyclic) bond motifs is 5. The molecule has 4 atom stereocenters. The number of nitrogens with one attached hydrogen (secondary N) is 2. The Morgan fingerprint density at radius 3 is 2.52 bits per heavy atom. The summed E-state index contributed by atoms with van der Waals surface area (Å²) in [5.41, 5.74) is 0. The van der Waals surface area contributed by atoms with Gasteiger partial charge in [-0.15, -0.1) is 24.0 Å². The molecule has 0 radical (unpaired) electrons. The first-order valence-electron chi connectivity index (χ1n) is 9.27. The van der Waals surface area contributed by atoms with E-state index in [4.69, 9.17) is 4.42 Å². The van der Waals surface area contributed by atoms with Crippen LogP contribution < -0.4 is 10.6 Å². The van der Waals surface area contributed by atoms with E-state index in [2.05, 4.69) is 27.8 Å². The molecule has 1 saturated carbocycles. The van der Waals surface area contributed by atoms with E-state index in [1.165, 1.54) is 4.90 Å². The van der Waals surface area contributed by atoms with Crippen LogP contribution in [0, 0.1) is 23.7 Å². The molecule has 1 aliphatic heterocycles. The van der Waals surface area contributed by atoms with Gasteiger partial charge in [-0.3, -0.25) is 14.5 Å². The molecule has 1 aromatic rings. The highest BCUT2D eigenvalue weighted by Gasteiger charge is 2.58. The Hall–Kier alpha value is -1.84. The van der Waals surface area contributed by atoms with Gasteiger partial charge < -0.3 is 15.1 Å². The Labute approximate surface area is 175 Å². The van der Waals surface area contributed by atoms with Crippen molar-refractivity contribution in [2.75, 3.05) is 19.6 Å². The van der Waals surface area contributed by atoms with E-state index in [9.17, 15) is 9.59 Å². The first kappa shape index (κ1) is 19.9. The number of aliphatic imine (C=N–C) groups is 1. The maximum Gasteiger partial charge on any atom is 0.233 e. The van der Waals surface area contributed by atoms with Crippen LogP contribution in [0.3, 0.4) is 0 Å². The van der Waals surface area contributed by atoms with Gasteiger partial charge in [0.2, 0.25) is 11.8 Å². The molecule has 1 saturated heterocycles. The van der Waals surface area contributed by atoms with E-state index in [-0.39, 0.29) is 59.5 Å². The fraction of sp³-hybridized carbons (Fsp3) is 0.526. The molecule has 2 bridgehead atoms. The monoisotopic (exact) mass is 484 g/mol. The van der Waals surface area contributed by atoms with Gasteiger partial charge in [-0.25, -0.2) is 4.99 Å². The molecule has 1 aromatic heterocycles. The van der Waals surface area contributed by atoms with Gasteiger partial charge in [-0.1, -0.05) is 12.2 Å². The average molecular weight is 484 g/mol. The highest BCUT2D eigenvalue weighted by molar-refractivity contribution is 14.0. The number of rotatable bonds is 6. The second kappa shape index (κ2) is 8.45. The molecule has 146 valence electrons. The molecule has 4 rings (SSSR count). The molecule has 3 aliphatic rings. The molecule has 8 heteroatoms. The van der Waals surface area contributed by atoms with E-state index >= 15 is 0 Å². The lowest BCUT2D eigenvalue weighted by Crippen LogP contribution is -2.43. The lowest BCUT2D eigenvalue weighted by atomic mass is 9.85. The van der Waals surface area contributed by atoms with Gasteiger partial charge in [0.25, 0.3) is 0 Å². The average Bonchev–Trinajstić information content (AvgIpc) is 3.40. The van der Waals surface area contributed by atoms with Crippen LogP contribution in [0.4, 0.5) is 0 Å². The second-order valence-corrected chi connectivity index (χ2v) is 7.03. The number of guanidine groups is 1. The van der Waals surface area contributed by atoms with Crippen LogP contribution in [0.25, 0.3) is 0 Å². The third-order valence-corrected chi connectivity index (χ3v) is 5.51. The van der Waals surface area contributed by atoms with Crippen molar-refractivity contribution in [3.63, 3.8) is 0 Å². The summed E-state index contributed by atoms with van der Waals surface area (Å²) in [5.74, 6) is 1.68. The van der Waals surface area contributed by atoms with E-state index in [1.807, 2.05) is 19.1 Å². The number of furan rings is 1. The number of amides is 2. The quantitative estimate of drug-likeness (QED) is 0.211. The van der Waals surface area contributed by atoms with Crippen LogP contribution in [0.5, 0.6) is 0 Å². The van der Waals surface area contributed by atoms with Gasteiger partial charge in [0, 0.05) is 19.6 Å². The zero-order valence-electron chi connectivity index (χ0n) is 15.3. The van der Waals surface area contributed by atoms with Crippen molar-refractivity contribution < 1.29 is 14.0 Å². The highest BCUT2D eigenvalue weighted by atomic mass is 127. The summed E-state index contributed by atoms with van der Waals surface area (Å²) in [6, 6.07) is 3.70. The van der Waals surface area contributed by atoms with Crippen molar-refractivity contribution in [3.05, 3.63) is 36.3 Å². The van der Waals surface area contributed by atoms with E-state index < -0.39 is 0 Å². The largest absolute Gasteiger partial charge is 0.467 e. The Morgan fingerprint density at radius 2 is 1.93 bits per heavy atom. The molecular formula is C19H25IN4O3. The fourth-order valence-electron chi connectivity index (χ4n) is 4.37. The summed E-state index contributed by atoms with van der Waals surface area (Å²) >= 11 is 0. The van der Waals surface area contributed by atoms with Crippen LogP contribution in [0.1, 0.15) is 19.1 Å². The number of carbonyl (C=O) groups excluding carboxylic acids is 2. The molecule has 2 heterocycles. The van der Waals surface area contributed by atoms with Gasteiger partial charge in [0.1, 0.15) is 12.3 Å². The normalized spacial score (nSPS) is 28.5. The summed E-state index contributed by atoms with van der Waals surface area (Å²) in [6.07, 6.45) is 6.81. The highest BCUT2D eigenvalue weighted by Crippen LogP contribution is 2.52. The van der Waals surface area contributed by atoms with Gasteiger partial charge in [0.15, 0.2) is 5.96 Å². The van der Waals surface area contributed by atoms with Crippen LogP contribution in [-0.4, -0.2) is 42.3 Å². The number of hydrogen-bond donors (Lipinski definition) is 2. The lowest BCUT2D eigenvalue weighted by molar-refractivity contribution is -0.140.